The molecule has 8 heteroatoms. The van der Waals surface area contributed by atoms with Crippen molar-refractivity contribution >= 4 is 29.0 Å². The van der Waals surface area contributed by atoms with Crippen molar-refractivity contribution < 1.29 is 4.79 Å². The Labute approximate surface area is 170 Å². The minimum absolute atomic E-state index is 0.0221. The van der Waals surface area contributed by atoms with Gasteiger partial charge in [0.2, 0.25) is 5.91 Å². The molecule has 2 aromatic rings. The molecule has 0 spiro atoms. The molecule has 1 saturated heterocycles. The largest absolute Gasteiger partial charge is 0.369 e. The predicted molar refractivity (Wildman–Crippen MR) is 114 cm³/mol. The van der Waals surface area contributed by atoms with Crippen molar-refractivity contribution in [3.63, 3.8) is 0 Å². The van der Waals surface area contributed by atoms with Crippen LogP contribution in [0.25, 0.3) is 0 Å². The van der Waals surface area contributed by atoms with Crippen molar-refractivity contribution in [1.29, 1.82) is 0 Å². The zero-order chi connectivity index (χ0) is 19.8. The molecule has 2 aromatic heterocycles. The fourth-order valence-electron chi connectivity index (χ4n) is 3.30. The Morgan fingerprint density at radius 3 is 2.86 bits per heavy atom. The molecule has 0 radical (unpaired) electrons. The van der Waals surface area contributed by atoms with Gasteiger partial charge in [-0.15, -0.1) is 0 Å². The zero-order valence-electron chi connectivity index (χ0n) is 16.2. The number of aromatic nitrogens is 1. The number of rotatable bonds is 7. The third-order valence-corrected chi connectivity index (χ3v) is 5.59. The number of thiophene rings is 1. The number of piperidine rings is 1. The van der Waals surface area contributed by atoms with Gasteiger partial charge in [0, 0.05) is 43.9 Å². The van der Waals surface area contributed by atoms with Crippen LogP contribution in [-0.2, 0) is 17.9 Å². The summed E-state index contributed by atoms with van der Waals surface area (Å²) in [7, 11) is 0. The second-order valence-corrected chi connectivity index (χ2v) is 7.61. The lowest BCUT2D eigenvalue weighted by Gasteiger charge is -2.32. The molecule has 3 heterocycles. The molecule has 0 aliphatic carbocycles. The number of hydrogen-bond acceptors (Lipinski definition) is 5. The fraction of sp³-hybridized carbons (Fsp3) is 0.450. The third kappa shape index (κ3) is 5.45. The molecule has 7 nitrogen and oxygen atoms in total. The van der Waals surface area contributed by atoms with Crippen LogP contribution in [0.2, 0.25) is 0 Å². The molecule has 150 valence electrons. The van der Waals surface area contributed by atoms with E-state index in [9.17, 15) is 4.79 Å². The monoisotopic (exact) mass is 400 g/mol. The van der Waals surface area contributed by atoms with Gasteiger partial charge in [0.05, 0.1) is 6.54 Å². The highest BCUT2D eigenvalue weighted by atomic mass is 32.1. The van der Waals surface area contributed by atoms with Crippen molar-refractivity contribution in [2.75, 3.05) is 24.5 Å². The Kier molecular flexibility index (Phi) is 7.25. The quantitative estimate of drug-likeness (QED) is 0.489. The number of nitrogens with two attached hydrogens (primary N) is 1. The van der Waals surface area contributed by atoms with Gasteiger partial charge in [0.1, 0.15) is 5.82 Å². The van der Waals surface area contributed by atoms with Crippen LogP contribution in [0.3, 0.4) is 0 Å². The van der Waals surface area contributed by atoms with Gasteiger partial charge >= 0.3 is 0 Å². The van der Waals surface area contributed by atoms with Gasteiger partial charge in [0.25, 0.3) is 0 Å². The second-order valence-electron chi connectivity index (χ2n) is 6.83. The number of nitrogens with one attached hydrogen (secondary N) is 2. The molecule has 0 bridgehead atoms. The molecular formula is C20H28N6OS. The maximum atomic E-state index is 11.4. The van der Waals surface area contributed by atoms with E-state index >= 15 is 0 Å². The van der Waals surface area contributed by atoms with Gasteiger partial charge in [-0.25, -0.2) is 9.98 Å². The summed E-state index contributed by atoms with van der Waals surface area (Å²) in [6.45, 7) is 5.73. The highest BCUT2D eigenvalue weighted by molar-refractivity contribution is 7.07. The molecule has 3 rings (SSSR count). The summed E-state index contributed by atoms with van der Waals surface area (Å²) in [4.78, 5) is 22.9. The summed E-state index contributed by atoms with van der Waals surface area (Å²) in [5.41, 5.74) is 7.77. The Hall–Kier alpha value is -2.61. The molecule has 1 aliphatic rings. The lowest BCUT2D eigenvalue weighted by Crippen LogP contribution is -2.40. The molecular weight excluding hydrogens is 372 g/mol. The lowest BCUT2D eigenvalue weighted by atomic mass is 9.96. The SMILES string of the molecule is CCNC(=NCc1ccsc1)NCc1cccnc1N1CCC(C(N)=O)CC1. The number of pyridine rings is 1. The summed E-state index contributed by atoms with van der Waals surface area (Å²) in [5, 5.41) is 10.9. The second kappa shape index (κ2) is 10.1. The van der Waals surface area contributed by atoms with Crippen molar-refractivity contribution in [1.82, 2.24) is 15.6 Å². The van der Waals surface area contributed by atoms with Crippen LogP contribution in [0.1, 0.15) is 30.9 Å². The van der Waals surface area contributed by atoms with Crippen LogP contribution >= 0.6 is 11.3 Å². The first-order valence-corrected chi connectivity index (χ1v) is 10.6. The Bertz CT molecular complexity index is 784. The summed E-state index contributed by atoms with van der Waals surface area (Å²) in [6.07, 6.45) is 3.38. The summed E-state index contributed by atoms with van der Waals surface area (Å²) < 4.78 is 0. The van der Waals surface area contributed by atoms with E-state index in [0.717, 1.165) is 49.8 Å². The highest BCUT2D eigenvalue weighted by Crippen LogP contribution is 2.24. The molecule has 0 aromatic carbocycles. The average molecular weight is 401 g/mol. The van der Waals surface area contributed by atoms with Crippen molar-refractivity contribution in [2.24, 2.45) is 16.6 Å². The number of nitrogens with zero attached hydrogens (tertiary/aromatic N) is 3. The van der Waals surface area contributed by atoms with E-state index in [1.807, 2.05) is 12.3 Å². The normalized spacial score (nSPS) is 15.5. The minimum Gasteiger partial charge on any atom is -0.369 e. The molecule has 0 atom stereocenters. The zero-order valence-corrected chi connectivity index (χ0v) is 17.0. The molecule has 0 saturated carbocycles. The van der Waals surface area contributed by atoms with Gasteiger partial charge in [-0.3, -0.25) is 4.79 Å². The van der Waals surface area contributed by atoms with E-state index in [0.29, 0.717) is 13.1 Å². The lowest BCUT2D eigenvalue weighted by molar-refractivity contribution is -0.122. The summed E-state index contributed by atoms with van der Waals surface area (Å²) in [5.74, 6) is 1.54. The van der Waals surface area contributed by atoms with Gasteiger partial charge in [-0.1, -0.05) is 6.07 Å². The van der Waals surface area contributed by atoms with Crippen LogP contribution in [0.5, 0.6) is 0 Å². The van der Waals surface area contributed by atoms with Crippen LogP contribution < -0.4 is 21.3 Å². The van der Waals surface area contributed by atoms with E-state index in [1.54, 1.807) is 11.3 Å². The average Bonchev–Trinajstić information content (AvgIpc) is 3.24. The smallest absolute Gasteiger partial charge is 0.220 e. The van der Waals surface area contributed by atoms with Gasteiger partial charge in [-0.2, -0.15) is 11.3 Å². The molecule has 0 unspecified atom stereocenters. The maximum absolute atomic E-state index is 11.4. The van der Waals surface area contributed by atoms with Gasteiger partial charge < -0.3 is 21.3 Å². The number of hydrogen-bond donors (Lipinski definition) is 3. The van der Waals surface area contributed by atoms with Gasteiger partial charge in [-0.05, 0) is 48.2 Å². The van der Waals surface area contributed by atoms with E-state index < -0.39 is 0 Å². The molecule has 1 amide bonds. The summed E-state index contributed by atoms with van der Waals surface area (Å²) in [6, 6.07) is 6.12. The number of primary amides is 1. The first-order chi connectivity index (χ1) is 13.7. The van der Waals surface area contributed by atoms with E-state index in [1.165, 1.54) is 5.56 Å². The Morgan fingerprint density at radius 1 is 1.36 bits per heavy atom. The van der Waals surface area contributed by atoms with E-state index in [2.05, 4.69) is 55.3 Å². The number of anilines is 1. The maximum Gasteiger partial charge on any atom is 0.220 e. The van der Waals surface area contributed by atoms with Crippen LogP contribution in [0.4, 0.5) is 5.82 Å². The third-order valence-electron chi connectivity index (χ3n) is 4.85. The topological polar surface area (TPSA) is 95.6 Å². The van der Waals surface area contributed by atoms with Crippen LogP contribution in [-0.4, -0.2) is 36.5 Å². The minimum atomic E-state index is -0.195. The Balaban J connectivity index is 1.63. The number of carbonyl (C=O) groups is 1. The standard InChI is InChI=1S/C20H28N6OS/c1-2-22-20(24-12-15-7-11-28-14-15)25-13-17-4-3-8-23-19(17)26-9-5-16(6-10-26)18(21)27/h3-4,7-8,11,14,16H,2,5-6,9-10,12-13H2,1H3,(H2,21,27)(H2,22,24,25). The number of carbonyl (C=O) groups excluding carboxylic acids is 1. The van der Waals surface area contributed by atoms with Crippen LogP contribution in [0.15, 0.2) is 40.1 Å². The first kappa shape index (κ1) is 20.1. The van der Waals surface area contributed by atoms with Crippen molar-refractivity contribution in [3.05, 3.63) is 46.3 Å². The predicted octanol–water partition coefficient (Wildman–Crippen LogP) is 2.10. The number of amides is 1. The molecule has 4 N–H and O–H groups in total. The number of aliphatic imine (C=N–C) groups is 1. The molecule has 1 aliphatic heterocycles. The number of guanidine groups is 1. The Morgan fingerprint density at radius 2 is 2.18 bits per heavy atom. The highest BCUT2D eigenvalue weighted by Gasteiger charge is 2.24. The van der Waals surface area contributed by atoms with Gasteiger partial charge in [0.15, 0.2) is 5.96 Å². The fourth-order valence-corrected chi connectivity index (χ4v) is 3.96. The van der Waals surface area contributed by atoms with E-state index in [4.69, 9.17) is 5.73 Å². The molecule has 1 fully saturated rings. The molecule has 28 heavy (non-hydrogen) atoms. The summed E-state index contributed by atoms with van der Waals surface area (Å²) >= 11 is 1.68. The van der Waals surface area contributed by atoms with Crippen LogP contribution in [0, 0.1) is 5.92 Å². The van der Waals surface area contributed by atoms with Crippen molar-refractivity contribution in [3.8, 4) is 0 Å². The van der Waals surface area contributed by atoms with Crippen molar-refractivity contribution in [2.45, 2.75) is 32.9 Å². The van der Waals surface area contributed by atoms with E-state index in [-0.39, 0.29) is 11.8 Å². The first-order valence-electron chi connectivity index (χ1n) is 9.68.